The first-order valence-electron chi connectivity index (χ1n) is 6.86. The van der Waals surface area contributed by atoms with Gasteiger partial charge in [0.2, 0.25) is 0 Å². The number of carbonyl (C=O) groups is 1. The van der Waals surface area contributed by atoms with E-state index in [-0.39, 0.29) is 5.91 Å². The molecule has 1 spiro atoms. The second-order valence-corrected chi connectivity index (χ2v) is 5.69. The predicted octanol–water partition coefficient (Wildman–Crippen LogP) is 0.995. The lowest BCUT2D eigenvalue weighted by Crippen LogP contribution is -2.46. The highest BCUT2D eigenvalue weighted by atomic mass is 16.1. The third kappa shape index (κ3) is 2.42. The molecule has 0 atom stereocenters. The molecule has 102 valence electrons. The van der Waals surface area contributed by atoms with Gasteiger partial charge in [-0.25, -0.2) is 4.98 Å². The van der Waals surface area contributed by atoms with Gasteiger partial charge in [-0.05, 0) is 43.4 Å². The average Bonchev–Trinajstić information content (AvgIpc) is 2.88. The van der Waals surface area contributed by atoms with Crippen LogP contribution in [-0.4, -0.2) is 37.1 Å². The minimum absolute atomic E-state index is 0.0984. The van der Waals surface area contributed by atoms with E-state index in [4.69, 9.17) is 0 Å². The highest BCUT2D eigenvalue weighted by Gasteiger charge is 2.45. The molecule has 0 aromatic carbocycles. The lowest BCUT2D eigenvalue weighted by Gasteiger charge is -2.45. The molecule has 3 rings (SSSR count). The number of aromatic nitrogens is 1. The molecule has 1 amide bonds. The number of amides is 1. The van der Waals surface area contributed by atoms with E-state index in [1.165, 1.54) is 19.3 Å². The largest absolute Gasteiger partial charge is 0.367 e. The number of carbonyl (C=O) groups excluding carboxylic acids is 1. The summed E-state index contributed by atoms with van der Waals surface area (Å²) in [4.78, 5) is 15.7. The van der Waals surface area contributed by atoms with Crippen molar-refractivity contribution in [2.75, 3.05) is 25.5 Å². The first-order chi connectivity index (χ1) is 9.21. The molecule has 1 saturated carbocycles. The summed E-state index contributed by atoms with van der Waals surface area (Å²) in [6, 6.07) is 4.21. The van der Waals surface area contributed by atoms with Crippen LogP contribution in [0.1, 0.15) is 29.6 Å². The second kappa shape index (κ2) is 4.81. The Morgan fingerprint density at radius 1 is 1.47 bits per heavy atom. The molecular weight excluding hydrogens is 240 g/mol. The fourth-order valence-electron chi connectivity index (χ4n) is 3.20. The summed E-state index contributed by atoms with van der Waals surface area (Å²) in [6.07, 6.45) is 5.36. The molecule has 5 nitrogen and oxygen atoms in total. The molecule has 3 N–H and O–H groups in total. The van der Waals surface area contributed by atoms with E-state index < -0.39 is 0 Å². The van der Waals surface area contributed by atoms with Gasteiger partial charge in [-0.1, -0.05) is 0 Å². The van der Waals surface area contributed by atoms with E-state index in [0.717, 1.165) is 18.9 Å². The van der Waals surface area contributed by atoms with Gasteiger partial charge in [0, 0.05) is 25.8 Å². The van der Waals surface area contributed by atoms with Crippen molar-refractivity contribution in [3.8, 4) is 0 Å². The molecule has 1 aliphatic carbocycles. The summed E-state index contributed by atoms with van der Waals surface area (Å²) in [6.45, 7) is 2.32. The van der Waals surface area contributed by atoms with E-state index in [9.17, 15) is 4.79 Å². The van der Waals surface area contributed by atoms with Crippen LogP contribution < -0.4 is 16.0 Å². The number of nitrogens with zero attached hydrogens (tertiary/aromatic N) is 1. The summed E-state index contributed by atoms with van der Waals surface area (Å²) >= 11 is 0. The second-order valence-electron chi connectivity index (χ2n) is 5.69. The van der Waals surface area contributed by atoms with Crippen molar-refractivity contribution in [1.82, 2.24) is 15.6 Å². The molecule has 0 unspecified atom stereocenters. The summed E-state index contributed by atoms with van der Waals surface area (Å²) in [5.41, 5.74) is 1.14. The zero-order valence-corrected chi connectivity index (χ0v) is 11.2. The molecule has 1 saturated heterocycles. The molecule has 2 heterocycles. The molecule has 1 aliphatic heterocycles. The number of pyridine rings is 1. The molecule has 0 radical (unpaired) electrons. The monoisotopic (exact) mass is 260 g/mol. The van der Waals surface area contributed by atoms with Gasteiger partial charge >= 0.3 is 0 Å². The van der Waals surface area contributed by atoms with Crippen LogP contribution in [0.25, 0.3) is 0 Å². The third-order valence-corrected chi connectivity index (χ3v) is 4.30. The van der Waals surface area contributed by atoms with Gasteiger partial charge in [-0.3, -0.25) is 4.79 Å². The molecule has 2 fully saturated rings. The van der Waals surface area contributed by atoms with Crippen LogP contribution in [0.4, 0.5) is 5.82 Å². The minimum atomic E-state index is -0.0984. The molecule has 2 aliphatic rings. The number of rotatable bonds is 3. The van der Waals surface area contributed by atoms with E-state index in [2.05, 4.69) is 20.9 Å². The Morgan fingerprint density at radius 3 is 2.89 bits per heavy atom. The van der Waals surface area contributed by atoms with E-state index in [1.54, 1.807) is 19.3 Å². The smallest absolute Gasteiger partial charge is 0.252 e. The summed E-state index contributed by atoms with van der Waals surface area (Å²) in [5, 5.41) is 9.47. The molecule has 5 heteroatoms. The zero-order valence-electron chi connectivity index (χ0n) is 11.2. The van der Waals surface area contributed by atoms with Gasteiger partial charge < -0.3 is 16.0 Å². The Kier molecular flexibility index (Phi) is 3.14. The van der Waals surface area contributed by atoms with Crippen molar-refractivity contribution >= 4 is 11.7 Å². The fraction of sp³-hybridized carbons (Fsp3) is 0.571. The fourth-order valence-corrected chi connectivity index (χ4v) is 3.20. The highest BCUT2D eigenvalue weighted by molar-refractivity contribution is 5.93. The first kappa shape index (κ1) is 12.4. The third-order valence-electron chi connectivity index (χ3n) is 4.30. The lowest BCUT2D eigenvalue weighted by molar-refractivity contribution is 0.0963. The van der Waals surface area contributed by atoms with Crippen molar-refractivity contribution in [2.45, 2.75) is 25.3 Å². The molecule has 19 heavy (non-hydrogen) atoms. The van der Waals surface area contributed by atoms with Crippen LogP contribution in [0.2, 0.25) is 0 Å². The van der Waals surface area contributed by atoms with Gasteiger partial charge in [0.05, 0.1) is 5.56 Å². The Labute approximate surface area is 113 Å². The van der Waals surface area contributed by atoms with E-state index in [1.807, 2.05) is 6.07 Å². The SMILES string of the molecule is CNC(=O)c1ccc(NC2CC3(CCNC3)C2)nc1. The molecule has 1 aromatic rings. The van der Waals surface area contributed by atoms with Gasteiger partial charge in [0.1, 0.15) is 5.82 Å². The topological polar surface area (TPSA) is 66.1 Å². The summed E-state index contributed by atoms with van der Waals surface area (Å²) < 4.78 is 0. The van der Waals surface area contributed by atoms with Gasteiger partial charge in [0.25, 0.3) is 5.91 Å². The van der Waals surface area contributed by atoms with Crippen LogP contribution in [0.5, 0.6) is 0 Å². The van der Waals surface area contributed by atoms with E-state index >= 15 is 0 Å². The number of nitrogens with one attached hydrogen (secondary N) is 3. The van der Waals surface area contributed by atoms with Crippen LogP contribution in [0.15, 0.2) is 18.3 Å². The quantitative estimate of drug-likeness (QED) is 0.758. The number of anilines is 1. The van der Waals surface area contributed by atoms with Crippen LogP contribution in [0.3, 0.4) is 0 Å². The number of hydrogen-bond acceptors (Lipinski definition) is 4. The summed E-state index contributed by atoms with van der Waals surface area (Å²) in [7, 11) is 1.62. The van der Waals surface area contributed by atoms with Crippen LogP contribution in [-0.2, 0) is 0 Å². The number of hydrogen-bond donors (Lipinski definition) is 3. The van der Waals surface area contributed by atoms with Gasteiger partial charge in [-0.2, -0.15) is 0 Å². The maximum Gasteiger partial charge on any atom is 0.252 e. The maximum absolute atomic E-state index is 11.4. The van der Waals surface area contributed by atoms with Crippen molar-refractivity contribution in [2.24, 2.45) is 5.41 Å². The van der Waals surface area contributed by atoms with Crippen molar-refractivity contribution in [3.05, 3.63) is 23.9 Å². The first-order valence-corrected chi connectivity index (χ1v) is 6.86. The van der Waals surface area contributed by atoms with Gasteiger partial charge in [-0.15, -0.1) is 0 Å². The summed E-state index contributed by atoms with van der Waals surface area (Å²) in [5.74, 6) is 0.761. The Hall–Kier alpha value is -1.62. The highest BCUT2D eigenvalue weighted by Crippen LogP contribution is 2.46. The molecular formula is C14H20N4O. The maximum atomic E-state index is 11.4. The van der Waals surface area contributed by atoms with Crippen molar-refractivity contribution < 1.29 is 4.79 Å². The van der Waals surface area contributed by atoms with Crippen LogP contribution in [0, 0.1) is 5.41 Å². The van der Waals surface area contributed by atoms with Gasteiger partial charge in [0.15, 0.2) is 0 Å². The lowest BCUT2D eigenvalue weighted by atomic mass is 9.65. The Morgan fingerprint density at radius 2 is 2.32 bits per heavy atom. The van der Waals surface area contributed by atoms with Crippen molar-refractivity contribution in [1.29, 1.82) is 0 Å². The molecule has 0 bridgehead atoms. The normalized spacial score (nSPS) is 29.0. The zero-order chi connectivity index (χ0) is 13.3. The Balaban J connectivity index is 1.55. The Bertz CT molecular complexity index is 457. The molecule has 1 aromatic heterocycles. The predicted molar refractivity (Wildman–Crippen MR) is 74.2 cm³/mol. The average molecular weight is 260 g/mol. The van der Waals surface area contributed by atoms with Crippen LogP contribution >= 0.6 is 0 Å². The van der Waals surface area contributed by atoms with E-state index in [0.29, 0.717) is 17.0 Å². The standard InChI is InChI=1S/C14H20N4O/c1-15-13(19)10-2-3-12(17-8-10)18-11-6-14(7-11)4-5-16-9-14/h2-3,8,11,16H,4-7,9H2,1H3,(H,15,19)(H,17,18). The van der Waals surface area contributed by atoms with Crippen molar-refractivity contribution in [3.63, 3.8) is 0 Å². The minimum Gasteiger partial charge on any atom is -0.367 e.